The number of halogens is 3. The Morgan fingerprint density at radius 1 is 0.969 bits per heavy atom. The van der Waals surface area contributed by atoms with E-state index in [1.54, 1.807) is 4.90 Å². The Kier molecular flexibility index (Phi) is 9.82. The molecule has 0 radical (unpaired) electrons. The van der Waals surface area contributed by atoms with Crippen LogP contribution in [0.15, 0.2) is 12.1 Å². The molecule has 0 atom stereocenters. The van der Waals surface area contributed by atoms with Crippen molar-refractivity contribution >= 4 is 14.2 Å². The van der Waals surface area contributed by atoms with Gasteiger partial charge < -0.3 is 9.33 Å². The van der Waals surface area contributed by atoms with Crippen LogP contribution in [0.3, 0.4) is 0 Å². The smallest absolute Gasteiger partial charge is 0.257 e. The van der Waals surface area contributed by atoms with Crippen LogP contribution in [-0.4, -0.2) is 38.3 Å². The molecule has 1 saturated carbocycles. The molecule has 1 aliphatic rings. The van der Waals surface area contributed by atoms with Gasteiger partial charge in [0, 0.05) is 25.3 Å². The van der Waals surface area contributed by atoms with Crippen LogP contribution in [0, 0.1) is 17.5 Å². The maximum Gasteiger partial charge on any atom is 0.257 e. The first kappa shape index (κ1) is 26.9. The van der Waals surface area contributed by atoms with Crippen molar-refractivity contribution in [2.24, 2.45) is 0 Å². The average molecular weight is 472 g/mol. The van der Waals surface area contributed by atoms with Crippen LogP contribution in [0.25, 0.3) is 0 Å². The van der Waals surface area contributed by atoms with E-state index in [1.165, 1.54) is 0 Å². The van der Waals surface area contributed by atoms with Crippen LogP contribution in [0.4, 0.5) is 13.2 Å². The predicted molar refractivity (Wildman–Crippen MR) is 126 cm³/mol. The van der Waals surface area contributed by atoms with E-state index in [1.807, 2.05) is 0 Å². The first-order valence-corrected chi connectivity index (χ1v) is 14.9. The molecule has 1 fully saturated rings. The fourth-order valence-electron chi connectivity index (χ4n) is 3.97. The zero-order valence-electron chi connectivity index (χ0n) is 20.4. The summed E-state index contributed by atoms with van der Waals surface area (Å²) < 4.78 is 47.5. The summed E-state index contributed by atoms with van der Waals surface area (Å²) in [5.41, 5.74) is -0.378. The molecule has 0 spiro atoms. The predicted octanol–water partition coefficient (Wildman–Crippen LogP) is 7.46. The molecule has 0 bridgehead atoms. The van der Waals surface area contributed by atoms with Crippen LogP contribution < -0.4 is 0 Å². The number of amides is 1. The number of rotatable bonds is 10. The number of benzene rings is 1. The lowest BCUT2D eigenvalue weighted by molar-refractivity contribution is 0.0623. The third-order valence-electron chi connectivity index (χ3n) is 7.08. The topological polar surface area (TPSA) is 29.5 Å². The van der Waals surface area contributed by atoms with E-state index in [0.29, 0.717) is 18.7 Å². The Labute approximate surface area is 192 Å². The molecule has 1 aromatic rings. The van der Waals surface area contributed by atoms with Crippen LogP contribution in [-0.2, 0) is 4.43 Å². The second kappa shape index (κ2) is 11.7. The van der Waals surface area contributed by atoms with Crippen molar-refractivity contribution in [3.05, 3.63) is 35.1 Å². The highest BCUT2D eigenvalue weighted by Crippen LogP contribution is 2.36. The van der Waals surface area contributed by atoms with Gasteiger partial charge in [0.2, 0.25) is 0 Å². The first-order valence-electron chi connectivity index (χ1n) is 12.0. The lowest BCUT2D eigenvalue weighted by Gasteiger charge is -2.36. The van der Waals surface area contributed by atoms with Gasteiger partial charge in [-0.15, -0.1) is 0 Å². The highest BCUT2D eigenvalue weighted by atomic mass is 28.4. The number of nitrogens with zero attached hydrogens (tertiary/aromatic N) is 1. The molecule has 0 aliphatic heterocycles. The average Bonchev–Trinajstić information content (AvgIpc) is 2.72. The van der Waals surface area contributed by atoms with E-state index in [0.717, 1.165) is 64.4 Å². The molecule has 7 heteroatoms. The second-order valence-corrected chi connectivity index (χ2v) is 15.4. The summed E-state index contributed by atoms with van der Waals surface area (Å²) in [6.07, 6.45) is 8.65. The fourth-order valence-corrected chi connectivity index (χ4v) is 5.05. The fraction of sp³-hybridized carbons (Fsp3) is 0.720. The Hall–Kier alpha value is -1.34. The van der Waals surface area contributed by atoms with Gasteiger partial charge in [0.1, 0.15) is 5.82 Å². The zero-order chi connectivity index (χ0) is 23.9. The molecule has 2 rings (SSSR count). The maximum absolute atomic E-state index is 14.3. The van der Waals surface area contributed by atoms with Gasteiger partial charge >= 0.3 is 0 Å². The van der Waals surface area contributed by atoms with Gasteiger partial charge in [0.05, 0.1) is 5.56 Å². The Morgan fingerprint density at radius 2 is 1.56 bits per heavy atom. The molecular weight excluding hydrogens is 431 g/mol. The molecule has 0 heterocycles. The highest BCUT2D eigenvalue weighted by molar-refractivity contribution is 6.74. The number of hydrogen-bond donors (Lipinski definition) is 0. The standard InChI is InChI=1S/C25H40F3NO2Si/c1-25(2,3)32(4,5)31-16-12-7-6-11-15-29(19-13-9-8-10-14-19)24(30)20-17-22(27)23(28)18-21(20)26/h17-19H,6-16H2,1-5H3. The minimum Gasteiger partial charge on any atom is -0.417 e. The quantitative estimate of drug-likeness (QED) is 0.201. The molecule has 1 amide bonds. The van der Waals surface area contributed by atoms with E-state index in [-0.39, 0.29) is 16.6 Å². The molecule has 0 saturated heterocycles. The highest BCUT2D eigenvalue weighted by Gasteiger charge is 2.36. The summed E-state index contributed by atoms with van der Waals surface area (Å²) in [6.45, 7) is 12.4. The van der Waals surface area contributed by atoms with Gasteiger partial charge in [0.15, 0.2) is 20.0 Å². The summed E-state index contributed by atoms with van der Waals surface area (Å²) in [5, 5.41) is 0.197. The van der Waals surface area contributed by atoms with Gasteiger partial charge in [-0.1, -0.05) is 52.9 Å². The van der Waals surface area contributed by atoms with Gasteiger partial charge in [-0.05, 0) is 49.9 Å². The number of carbonyl (C=O) groups excluding carboxylic acids is 1. The molecular formula is C25H40F3NO2Si. The molecule has 0 aromatic heterocycles. The minimum absolute atomic E-state index is 0.0330. The van der Waals surface area contributed by atoms with Crippen LogP contribution in [0.2, 0.25) is 18.1 Å². The molecule has 182 valence electrons. The van der Waals surface area contributed by atoms with E-state index in [2.05, 4.69) is 33.9 Å². The summed E-state index contributed by atoms with van der Waals surface area (Å²) in [6, 6.07) is 1.19. The van der Waals surface area contributed by atoms with Gasteiger partial charge in [-0.2, -0.15) is 0 Å². The number of unbranched alkanes of at least 4 members (excludes halogenated alkanes) is 3. The first-order chi connectivity index (χ1) is 14.9. The maximum atomic E-state index is 14.3. The van der Waals surface area contributed by atoms with Crippen molar-refractivity contribution in [2.75, 3.05) is 13.2 Å². The molecule has 32 heavy (non-hydrogen) atoms. The summed E-state index contributed by atoms with van der Waals surface area (Å²) in [5.74, 6) is -4.00. The summed E-state index contributed by atoms with van der Waals surface area (Å²) in [4.78, 5) is 14.8. The van der Waals surface area contributed by atoms with E-state index in [9.17, 15) is 18.0 Å². The SMILES string of the molecule is CC(C)(C)[Si](C)(C)OCCCCCCN(C(=O)c1cc(F)c(F)cc1F)C1CCCCC1. The van der Waals surface area contributed by atoms with Crippen molar-refractivity contribution in [1.82, 2.24) is 4.90 Å². The van der Waals surface area contributed by atoms with E-state index < -0.39 is 31.7 Å². The molecule has 1 aliphatic carbocycles. The van der Waals surface area contributed by atoms with E-state index >= 15 is 0 Å². The van der Waals surface area contributed by atoms with Crippen LogP contribution in [0.1, 0.15) is 88.9 Å². The third kappa shape index (κ3) is 7.34. The molecule has 1 aromatic carbocycles. The third-order valence-corrected chi connectivity index (χ3v) is 11.6. The Balaban J connectivity index is 1.90. The number of carbonyl (C=O) groups is 1. The van der Waals surface area contributed by atoms with Crippen LogP contribution >= 0.6 is 0 Å². The summed E-state index contributed by atoms with van der Waals surface area (Å²) >= 11 is 0. The zero-order valence-corrected chi connectivity index (χ0v) is 21.4. The second-order valence-electron chi connectivity index (χ2n) is 10.6. The molecule has 0 N–H and O–H groups in total. The van der Waals surface area contributed by atoms with Crippen LogP contribution in [0.5, 0.6) is 0 Å². The Bertz CT molecular complexity index is 758. The van der Waals surface area contributed by atoms with Crippen molar-refractivity contribution in [3.63, 3.8) is 0 Å². The molecule has 0 unspecified atom stereocenters. The van der Waals surface area contributed by atoms with Crippen molar-refractivity contribution in [2.45, 2.75) is 103 Å². The van der Waals surface area contributed by atoms with Crippen molar-refractivity contribution in [3.8, 4) is 0 Å². The van der Waals surface area contributed by atoms with Crippen molar-refractivity contribution in [1.29, 1.82) is 0 Å². The lowest BCUT2D eigenvalue weighted by atomic mass is 9.93. The Morgan fingerprint density at radius 3 is 2.19 bits per heavy atom. The number of hydrogen-bond acceptors (Lipinski definition) is 2. The van der Waals surface area contributed by atoms with Crippen molar-refractivity contribution < 1.29 is 22.4 Å². The monoisotopic (exact) mass is 471 g/mol. The molecule has 3 nitrogen and oxygen atoms in total. The largest absolute Gasteiger partial charge is 0.417 e. The van der Waals surface area contributed by atoms with Gasteiger partial charge in [-0.3, -0.25) is 4.79 Å². The summed E-state index contributed by atoms with van der Waals surface area (Å²) in [7, 11) is -1.73. The minimum atomic E-state index is -1.73. The lowest BCUT2D eigenvalue weighted by Crippen LogP contribution is -2.42. The van der Waals surface area contributed by atoms with E-state index in [4.69, 9.17) is 4.43 Å². The van der Waals surface area contributed by atoms with Gasteiger partial charge in [-0.25, -0.2) is 13.2 Å². The normalized spacial score (nSPS) is 15.8. The van der Waals surface area contributed by atoms with Gasteiger partial charge in [0.25, 0.3) is 5.91 Å².